The monoisotopic (exact) mass is 273 g/mol. The molecule has 108 valence electrons. The highest BCUT2D eigenvalue weighted by Gasteiger charge is 2.50. The van der Waals surface area contributed by atoms with Crippen molar-refractivity contribution in [2.75, 3.05) is 39.3 Å². The molecule has 1 saturated carbocycles. The Morgan fingerprint density at radius 2 is 1.90 bits per heavy atom. The SMILES string of the molecule is O=C(NCCN1CCNCC1)C1(c2ccccc2)CC1. The van der Waals surface area contributed by atoms with E-state index < -0.39 is 0 Å². The highest BCUT2D eigenvalue weighted by atomic mass is 16.2. The molecule has 1 amide bonds. The van der Waals surface area contributed by atoms with Crippen molar-refractivity contribution >= 4 is 5.91 Å². The second-order valence-corrected chi connectivity index (χ2v) is 5.80. The van der Waals surface area contributed by atoms with Crippen LogP contribution in [-0.2, 0) is 10.2 Å². The highest BCUT2D eigenvalue weighted by molar-refractivity contribution is 5.91. The van der Waals surface area contributed by atoms with E-state index in [1.165, 1.54) is 5.56 Å². The smallest absolute Gasteiger partial charge is 0.230 e. The molecule has 0 aromatic heterocycles. The summed E-state index contributed by atoms with van der Waals surface area (Å²) in [5, 5.41) is 6.47. The molecule has 1 aromatic rings. The zero-order chi connectivity index (χ0) is 13.8. The third-order valence-corrected chi connectivity index (χ3v) is 4.43. The number of carbonyl (C=O) groups excluding carboxylic acids is 1. The number of piperazine rings is 1. The Hall–Kier alpha value is -1.39. The fourth-order valence-corrected chi connectivity index (χ4v) is 2.96. The zero-order valence-electron chi connectivity index (χ0n) is 11.9. The van der Waals surface area contributed by atoms with E-state index in [1.54, 1.807) is 0 Å². The maximum atomic E-state index is 12.4. The molecule has 1 aromatic carbocycles. The van der Waals surface area contributed by atoms with Crippen LogP contribution in [0.3, 0.4) is 0 Å². The van der Waals surface area contributed by atoms with Crippen molar-refractivity contribution in [3.63, 3.8) is 0 Å². The fraction of sp³-hybridized carbons (Fsp3) is 0.562. The standard InChI is InChI=1S/C16H23N3O/c20-15(18-10-13-19-11-8-17-9-12-19)16(6-7-16)14-4-2-1-3-5-14/h1-5,17H,6-13H2,(H,18,20). The summed E-state index contributed by atoms with van der Waals surface area (Å²) in [5.74, 6) is 0.207. The quantitative estimate of drug-likeness (QED) is 0.832. The van der Waals surface area contributed by atoms with Crippen molar-refractivity contribution in [2.45, 2.75) is 18.3 Å². The van der Waals surface area contributed by atoms with Crippen molar-refractivity contribution < 1.29 is 4.79 Å². The van der Waals surface area contributed by atoms with Gasteiger partial charge in [0.05, 0.1) is 5.41 Å². The van der Waals surface area contributed by atoms with Gasteiger partial charge >= 0.3 is 0 Å². The Bertz CT molecular complexity index is 450. The molecule has 0 spiro atoms. The molecule has 3 rings (SSSR count). The third-order valence-electron chi connectivity index (χ3n) is 4.43. The number of hydrogen-bond acceptors (Lipinski definition) is 3. The van der Waals surface area contributed by atoms with Crippen molar-refractivity contribution in [1.29, 1.82) is 0 Å². The van der Waals surface area contributed by atoms with Gasteiger partial charge in [-0.15, -0.1) is 0 Å². The van der Waals surface area contributed by atoms with E-state index in [1.807, 2.05) is 18.2 Å². The van der Waals surface area contributed by atoms with E-state index in [2.05, 4.69) is 27.7 Å². The van der Waals surface area contributed by atoms with Crippen LogP contribution in [0, 0.1) is 0 Å². The first-order valence-corrected chi connectivity index (χ1v) is 7.58. The first kappa shape index (κ1) is 13.6. The molecule has 1 aliphatic carbocycles. The number of nitrogens with zero attached hydrogens (tertiary/aromatic N) is 1. The predicted molar refractivity (Wildman–Crippen MR) is 79.7 cm³/mol. The lowest BCUT2D eigenvalue weighted by Crippen LogP contribution is -2.47. The van der Waals surface area contributed by atoms with E-state index in [0.29, 0.717) is 0 Å². The zero-order valence-corrected chi connectivity index (χ0v) is 11.9. The van der Waals surface area contributed by atoms with Gasteiger partial charge < -0.3 is 10.6 Å². The van der Waals surface area contributed by atoms with Crippen LogP contribution in [0.2, 0.25) is 0 Å². The molecule has 1 heterocycles. The molecule has 1 saturated heterocycles. The average molecular weight is 273 g/mol. The number of rotatable bonds is 5. The molecule has 0 radical (unpaired) electrons. The first-order chi connectivity index (χ1) is 9.81. The lowest BCUT2D eigenvalue weighted by Gasteiger charge is -2.27. The maximum absolute atomic E-state index is 12.4. The molecule has 2 N–H and O–H groups in total. The van der Waals surface area contributed by atoms with Gasteiger partial charge in [0.2, 0.25) is 5.91 Å². The van der Waals surface area contributed by atoms with Gasteiger partial charge in [-0.05, 0) is 18.4 Å². The molecule has 0 unspecified atom stereocenters. The highest BCUT2D eigenvalue weighted by Crippen LogP contribution is 2.48. The summed E-state index contributed by atoms with van der Waals surface area (Å²) >= 11 is 0. The molecule has 4 heteroatoms. The summed E-state index contributed by atoms with van der Waals surface area (Å²) in [6.07, 6.45) is 1.97. The number of nitrogens with one attached hydrogen (secondary N) is 2. The van der Waals surface area contributed by atoms with Gasteiger partial charge in [-0.3, -0.25) is 9.69 Å². The van der Waals surface area contributed by atoms with Gasteiger partial charge in [0.1, 0.15) is 0 Å². The van der Waals surface area contributed by atoms with Crippen molar-refractivity contribution in [3.8, 4) is 0 Å². The normalized spacial score (nSPS) is 21.4. The van der Waals surface area contributed by atoms with Crippen molar-refractivity contribution in [3.05, 3.63) is 35.9 Å². The Balaban J connectivity index is 1.49. The van der Waals surface area contributed by atoms with Crippen molar-refractivity contribution in [1.82, 2.24) is 15.5 Å². The van der Waals surface area contributed by atoms with Gasteiger partial charge in [0.15, 0.2) is 0 Å². The summed E-state index contributed by atoms with van der Waals surface area (Å²) in [6, 6.07) is 10.2. The number of benzene rings is 1. The molecular weight excluding hydrogens is 250 g/mol. The molecule has 2 fully saturated rings. The van der Waals surface area contributed by atoms with E-state index >= 15 is 0 Å². The van der Waals surface area contributed by atoms with E-state index in [-0.39, 0.29) is 11.3 Å². The summed E-state index contributed by atoms with van der Waals surface area (Å²) in [5.41, 5.74) is 0.935. The Morgan fingerprint density at radius 3 is 2.55 bits per heavy atom. The van der Waals surface area contributed by atoms with Crippen LogP contribution >= 0.6 is 0 Å². The largest absolute Gasteiger partial charge is 0.354 e. The lowest BCUT2D eigenvalue weighted by molar-refractivity contribution is -0.123. The maximum Gasteiger partial charge on any atom is 0.230 e. The first-order valence-electron chi connectivity index (χ1n) is 7.58. The van der Waals surface area contributed by atoms with Gasteiger partial charge in [-0.2, -0.15) is 0 Å². The van der Waals surface area contributed by atoms with Gasteiger partial charge in [-0.1, -0.05) is 30.3 Å². The molecule has 2 aliphatic rings. The fourth-order valence-electron chi connectivity index (χ4n) is 2.96. The molecule has 0 bridgehead atoms. The van der Waals surface area contributed by atoms with E-state index in [9.17, 15) is 4.79 Å². The van der Waals surface area contributed by atoms with Crippen LogP contribution in [0.15, 0.2) is 30.3 Å². The van der Waals surface area contributed by atoms with Crippen LogP contribution in [0.5, 0.6) is 0 Å². The van der Waals surface area contributed by atoms with Crippen LogP contribution < -0.4 is 10.6 Å². The Morgan fingerprint density at radius 1 is 1.20 bits per heavy atom. The summed E-state index contributed by atoms with van der Waals surface area (Å²) in [7, 11) is 0. The van der Waals surface area contributed by atoms with Gasteiger partial charge in [-0.25, -0.2) is 0 Å². The van der Waals surface area contributed by atoms with Gasteiger partial charge in [0, 0.05) is 39.3 Å². The van der Waals surface area contributed by atoms with Gasteiger partial charge in [0.25, 0.3) is 0 Å². The molecule has 4 nitrogen and oxygen atoms in total. The third kappa shape index (κ3) is 2.86. The minimum absolute atomic E-state index is 0.207. The molecule has 0 atom stereocenters. The Labute approximate surface area is 120 Å². The minimum atomic E-state index is -0.231. The summed E-state index contributed by atoms with van der Waals surface area (Å²) in [4.78, 5) is 14.8. The number of hydrogen-bond donors (Lipinski definition) is 2. The van der Waals surface area contributed by atoms with E-state index in [0.717, 1.165) is 52.1 Å². The lowest BCUT2D eigenvalue weighted by atomic mass is 9.95. The van der Waals surface area contributed by atoms with Crippen LogP contribution in [0.4, 0.5) is 0 Å². The number of carbonyl (C=O) groups is 1. The average Bonchev–Trinajstić information content (AvgIpc) is 3.31. The van der Waals surface area contributed by atoms with Crippen LogP contribution in [0.1, 0.15) is 18.4 Å². The molecule has 20 heavy (non-hydrogen) atoms. The topological polar surface area (TPSA) is 44.4 Å². The van der Waals surface area contributed by atoms with Crippen molar-refractivity contribution in [2.24, 2.45) is 0 Å². The second-order valence-electron chi connectivity index (χ2n) is 5.80. The second kappa shape index (κ2) is 5.94. The number of amides is 1. The van der Waals surface area contributed by atoms with Crippen LogP contribution in [0.25, 0.3) is 0 Å². The minimum Gasteiger partial charge on any atom is -0.354 e. The molecular formula is C16H23N3O. The van der Waals surface area contributed by atoms with E-state index in [4.69, 9.17) is 0 Å². The predicted octanol–water partition coefficient (Wildman–Crippen LogP) is 0.740. The Kier molecular flexibility index (Phi) is 4.03. The van der Waals surface area contributed by atoms with Crippen LogP contribution in [-0.4, -0.2) is 50.1 Å². The summed E-state index contributed by atoms with van der Waals surface area (Å²) in [6.45, 7) is 5.99. The summed E-state index contributed by atoms with van der Waals surface area (Å²) < 4.78 is 0. The molecule has 1 aliphatic heterocycles.